The van der Waals surface area contributed by atoms with Crippen LogP contribution in [0.4, 0.5) is 5.69 Å². The molecule has 0 atom stereocenters. The van der Waals surface area contributed by atoms with Gasteiger partial charge in [-0.05, 0) is 24.3 Å². The van der Waals surface area contributed by atoms with E-state index in [-0.39, 0.29) is 6.61 Å². The second-order valence-corrected chi connectivity index (χ2v) is 4.70. The van der Waals surface area contributed by atoms with Gasteiger partial charge in [0.1, 0.15) is 25.2 Å². The highest BCUT2D eigenvalue weighted by Gasteiger charge is 1.95. The van der Waals surface area contributed by atoms with Crippen molar-refractivity contribution in [1.29, 1.82) is 0 Å². The van der Waals surface area contributed by atoms with Crippen LogP contribution in [-0.2, 0) is 23.7 Å². The van der Waals surface area contributed by atoms with Crippen LogP contribution in [0.5, 0.6) is 5.75 Å². The number of carbonyl (C=O) groups is 1. The first kappa shape index (κ1) is 20.4. The van der Waals surface area contributed by atoms with Gasteiger partial charge in [-0.15, -0.1) is 0 Å². The molecule has 0 heterocycles. The predicted octanol–water partition coefficient (Wildman–Crippen LogP) is 1.37. The fourth-order valence-electron chi connectivity index (χ4n) is 1.73. The van der Waals surface area contributed by atoms with Gasteiger partial charge < -0.3 is 33.8 Å². The Morgan fingerprint density at radius 3 is 1.79 bits per heavy atom. The minimum absolute atomic E-state index is 0.113. The lowest BCUT2D eigenvalue weighted by molar-refractivity contribution is -0.112. The van der Waals surface area contributed by atoms with Crippen molar-refractivity contribution in [3.63, 3.8) is 0 Å². The van der Waals surface area contributed by atoms with Crippen molar-refractivity contribution in [2.75, 3.05) is 71.8 Å². The maximum atomic E-state index is 9.99. The quantitative estimate of drug-likeness (QED) is 0.359. The van der Waals surface area contributed by atoms with E-state index in [1.54, 1.807) is 0 Å². The van der Waals surface area contributed by atoms with Gasteiger partial charge in [-0.1, -0.05) is 0 Å². The van der Waals surface area contributed by atoms with Gasteiger partial charge in [0.15, 0.2) is 0 Å². The Hall–Kier alpha value is -1.67. The second kappa shape index (κ2) is 14.9. The molecule has 0 radical (unpaired) electrons. The Morgan fingerprint density at radius 2 is 1.29 bits per heavy atom. The third-order valence-corrected chi connectivity index (χ3v) is 2.94. The number of aldehydes is 1. The molecule has 1 aromatic rings. The van der Waals surface area contributed by atoms with Crippen LogP contribution in [0.15, 0.2) is 24.3 Å². The molecule has 0 spiro atoms. The van der Waals surface area contributed by atoms with Crippen molar-refractivity contribution in [3.8, 4) is 5.75 Å². The van der Waals surface area contributed by atoms with Gasteiger partial charge in [-0.2, -0.15) is 0 Å². The zero-order valence-electron chi connectivity index (χ0n) is 14.2. The molecular formula is C17H27NO6. The van der Waals surface area contributed by atoms with Crippen LogP contribution in [0.2, 0.25) is 0 Å². The summed E-state index contributed by atoms with van der Waals surface area (Å²) >= 11 is 0. The van der Waals surface area contributed by atoms with Crippen LogP contribution in [0.3, 0.4) is 0 Å². The number of anilines is 1. The lowest BCUT2D eigenvalue weighted by atomic mass is 10.3. The molecule has 0 fully saturated rings. The third kappa shape index (κ3) is 11.0. The summed E-state index contributed by atoms with van der Waals surface area (Å²) in [5, 5.41) is 3.05. The number of benzene rings is 1. The number of rotatable bonds is 16. The number of hydrogen-bond acceptors (Lipinski definition) is 7. The molecule has 1 aromatic carbocycles. The first-order chi connectivity index (χ1) is 11.9. The monoisotopic (exact) mass is 341 g/mol. The van der Waals surface area contributed by atoms with Crippen LogP contribution in [0.1, 0.15) is 0 Å². The Kier molecular flexibility index (Phi) is 12.6. The third-order valence-electron chi connectivity index (χ3n) is 2.94. The highest BCUT2D eigenvalue weighted by Crippen LogP contribution is 2.14. The van der Waals surface area contributed by atoms with E-state index in [9.17, 15) is 4.79 Å². The molecule has 0 saturated heterocycles. The maximum absolute atomic E-state index is 9.99. The standard InChI is InChI=1S/C17H27NO6/c1-18-16-2-4-17(5-3-16)24-15-14-23-13-12-22-11-10-21-9-8-20-7-6-19/h2-6,18H,7-15H2,1H3. The average Bonchev–Trinajstić information content (AvgIpc) is 2.62. The van der Waals surface area contributed by atoms with Gasteiger partial charge in [0, 0.05) is 12.7 Å². The minimum atomic E-state index is 0.113. The number of hydrogen-bond donors (Lipinski definition) is 1. The van der Waals surface area contributed by atoms with Crippen molar-refractivity contribution in [2.45, 2.75) is 0 Å². The SMILES string of the molecule is CNc1ccc(OCCOCCOCCOCCOCC=O)cc1. The molecule has 7 heteroatoms. The van der Waals surface area contributed by atoms with Gasteiger partial charge in [-0.3, -0.25) is 0 Å². The topological polar surface area (TPSA) is 75.2 Å². The normalized spacial score (nSPS) is 10.5. The van der Waals surface area contributed by atoms with Gasteiger partial charge in [-0.25, -0.2) is 0 Å². The lowest BCUT2D eigenvalue weighted by Crippen LogP contribution is -2.14. The van der Waals surface area contributed by atoms with E-state index >= 15 is 0 Å². The molecule has 0 unspecified atom stereocenters. The Labute approximate surface area is 143 Å². The number of nitrogens with one attached hydrogen (secondary N) is 1. The van der Waals surface area contributed by atoms with E-state index in [1.807, 2.05) is 31.3 Å². The maximum Gasteiger partial charge on any atom is 0.145 e. The molecule has 7 nitrogen and oxygen atoms in total. The van der Waals surface area contributed by atoms with E-state index in [0.29, 0.717) is 59.1 Å². The van der Waals surface area contributed by atoms with E-state index in [2.05, 4.69) is 5.32 Å². The minimum Gasteiger partial charge on any atom is -0.491 e. The zero-order chi connectivity index (χ0) is 17.3. The molecule has 0 aliphatic heterocycles. The molecule has 0 amide bonds. The molecule has 0 aliphatic carbocycles. The molecule has 0 aliphatic rings. The Bertz CT molecular complexity index is 412. The summed E-state index contributed by atoms with van der Waals surface area (Å²) in [6.45, 7) is 4.04. The molecule has 1 N–H and O–H groups in total. The largest absolute Gasteiger partial charge is 0.491 e. The zero-order valence-corrected chi connectivity index (χ0v) is 14.2. The van der Waals surface area contributed by atoms with Crippen LogP contribution >= 0.6 is 0 Å². The lowest BCUT2D eigenvalue weighted by Gasteiger charge is -2.09. The van der Waals surface area contributed by atoms with Gasteiger partial charge in [0.25, 0.3) is 0 Å². The number of carbonyl (C=O) groups excluding carboxylic acids is 1. The van der Waals surface area contributed by atoms with Crippen LogP contribution in [-0.4, -0.2) is 72.8 Å². The second-order valence-electron chi connectivity index (χ2n) is 4.70. The van der Waals surface area contributed by atoms with E-state index in [4.69, 9.17) is 23.7 Å². The molecule has 0 aromatic heterocycles. The van der Waals surface area contributed by atoms with Gasteiger partial charge in [0.05, 0.1) is 46.2 Å². The predicted molar refractivity (Wildman–Crippen MR) is 90.8 cm³/mol. The fraction of sp³-hybridized carbons (Fsp3) is 0.588. The first-order valence-electron chi connectivity index (χ1n) is 8.02. The molecule has 1 rings (SSSR count). The van der Waals surface area contributed by atoms with Crippen LogP contribution < -0.4 is 10.1 Å². The Morgan fingerprint density at radius 1 is 0.792 bits per heavy atom. The molecule has 24 heavy (non-hydrogen) atoms. The summed E-state index contributed by atoms with van der Waals surface area (Å²) in [4.78, 5) is 9.99. The number of ether oxygens (including phenoxy) is 5. The van der Waals surface area contributed by atoms with Crippen LogP contribution in [0, 0.1) is 0 Å². The van der Waals surface area contributed by atoms with Crippen LogP contribution in [0.25, 0.3) is 0 Å². The van der Waals surface area contributed by atoms with Gasteiger partial charge in [0.2, 0.25) is 0 Å². The highest BCUT2D eigenvalue weighted by atomic mass is 16.6. The highest BCUT2D eigenvalue weighted by molar-refractivity contribution is 5.50. The van der Waals surface area contributed by atoms with E-state index in [0.717, 1.165) is 11.4 Å². The van der Waals surface area contributed by atoms with Crippen molar-refractivity contribution < 1.29 is 28.5 Å². The van der Waals surface area contributed by atoms with E-state index < -0.39 is 0 Å². The Balaban J connectivity index is 1.81. The molecular weight excluding hydrogens is 314 g/mol. The molecule has 136 valence electrons. The fourth-order valence-corrected chi connectivity index (χ4v) is 1.73. The van der Waals surface area contributed by atoms with Crippen molar-refractivity contribution >= 4 is 12.0 Å². The molecule has 0 saturated carbocycles. The molecule has 0 bridgehead atoms. The summed E-state index contributed by atoms with van der Waals surface area (Å²) in [6, 6.07) is 7.75. The van der Waals surface area contributed by atoms with Gasteiger partial charge >= 0.3 is 0 Å². The summed E-state index contributed by atoms with van der Waals surface area (Å²) < 4.78 is 26.5. The summed E-state index contributed by atoms with van der Waals surface area (Å²) in [5.74, 6) is 0.822. The first-order valence-corrected chi connectivity index (χ1v) is 8.02. The van der Waals surface area contributed by atoms with E-state index in [1.165, 1.54) is 0 Å². The summed E-state index contributed by atoms with van der Waals surface area (Å²) in [5.41, 5.74) is 1.05. The summed E-state index contributed by atoms with van der Waals surface area (Å²) in [6.07, 6.45) is 0.716. The van der Waals surface area contributed by atoms with Crippen molar-refractivity contribution in [1.82, 2.24) is 0 Å². The smallest absolute Gasteiger partial charge is 0.145 e. The summed E-state index contributed by atoms with van der Waals surface area (Å²) in [7, 11) is 1.88. The van der Waals surface area contributed by atoms with Crippen molar-refractivity contribution in [3.05, 3.63) is 24.3 Å². The van der Waals surface area contributed by atoms with Crippen molar-refractivity contribution in [2.24, 2.45) is 0 Å². The average molecular weight is 341 g/mol.